The first-order valence-electron chi connectivity index (χ1n) is 12.0. The van der Waals surface area contributed by atoms with Gasteiger partial charge in [-0.2, -0.15) is 0 Å². The van der Waals surface area contributed by atoms with Gasteiger partial charge >= 0.3 is 5.97 Å². The van der Waals surface area contributed by atoms with Gasteiger partial charge in [-0.1, -0.05) is 13.0 Å². The number of ether oxygens (including phenoxy) is 1. The van der Waals surface area contributed by atoms with Crippen molar-refractivity contribution in [3.05, 3.63) is 58.6 Å². The number of benzene rings is 2. The Labute approximate surface area is 207 Å². The zero-order chi connectivity index (χ0) is 25.6. The van der Waals surface area contributed by atoms with Crippen LogP contribution in [0.1, 0.15) is 32.6 Å². The van der Waals surface area contributed by atoms with Crippen molar-refractivity contribution in [3.63, 3.8) is 0 Å². The fourth-order valence-corrected chi connectivity index (χ4v) is 5.40. The van der Waals surface area contributed by atoms with Gasteiger partial charge in [-0.25, -0.2) is 4.90 Å². The van der Waals surface area contributed by atoms with Crippen LogP contribution in [0.25, 0.3) is 0 Å². The molecule has 0 spiro atoms. The van der Waals surface area contributed by atoms with Crippen LogP contribution in [-0.2, 0) is 19.2 Å². The van der Waals surface area contributed by atoms with Crippen molar-refractivity contribution in [1.82, 2.24) is 0 Å². The van der Waals surface area contributed by atoms with E-state index in [1.54, 1.807) is 18.2 Å². The van der Waals surface area contributed by atoms with Gasteiger partial charge in [0.2, 0.25) is 17.7 Å². The van der Waals surface area contributed by atoms with Crippen LogP contribution in [0, 0.1) is 33.8 Å². The molecule has 2 aromatic carbocycles. The molecule has 1 aliphatic carbocycles. The van der Waals surface area contributed by atoms with Gasteiger partial charge in [0.25, 0.3) is 5.69 Å². The fourth-order valence-electron chi connectivity index (χ4n) is 5.40. The highest BCUT2D eigenvalue weighted by molar-refractivity contribution is 6.22. The monoisotopic (exact) mass is 491 g/mol. The molecule has 3 aliphatic rings. The molecule has 2 saturated heterocycles. The Morgan fingerprint density at radius 2 is 1.72 bits per heavy atom. The molecule has 0 bridgehead atoms. The highest BCUT2D eigenvalue weighted by atomic mass is 16.6. The lowest BCUT2D eigenvalue weighted by atomic mass is 9.76. The van der Waals surface area contributed by atoms with Gasteiger partial charge in [-0.3, -0.25) is 29.3 Å². The number of imide groups is 1. The molecule has 186 valence electrons. The molecule has 2 aliphatic heterocycles. The zero-order valence-electron chi connectivity index (χ0n) is 19.7. The minimum atomic E-state index is -0.726. The van der Waals surface area contributed by atoms with E-state index in [1.165, 1.54) is 40.1 Å². The largest absolute Gasteiger partial charge is 0.426 e. The van der Waals surface area contributed by atoms with E-state index in [-0.39, 0.29) is 54.0 Å². The highest BCUT2D eigenvalue weighted by Gasteiger charge is 2.50. The average Bonchev–Trinajstić information content (AvgIpc) is 3.36. The van der Waals surface area contributed by atoms with Gasteiger partial charge in [-0.05, 0) is 49.4 Å². The Bertz CT molecular complexity index is 1260. The number of hydrogen-bond acceptors (Lipinski definition) is 7. The Morgan fingerprint density at radius 1 is 1.00 bits per heavy atom. The summed E-state index contributed by atoms with van der Waals surface area (Å²) in [5, 5.41) is 10.9. The first-order chi connectivity index (χ1) is 17.2. The maximum absolute atomic E-state index is 13.0. The number of rotatable bonds is 5. The van der Waals surface area contributed by atoms with E-state index < -0.39 is 16.8 Å². The molecular weight excluding hydrogens is 466 g/mol. The number of carbonyl (C=O) groups is 4. The number of hydrogen-bond donors (Lipinski definition) is 0. The second-order valence-corrected chi connectivity index (χ2v) is 9.74. The Morgan fingerprint density at radius 3 is 2.44 bits per heavy atom. The van der Waals surface area contributed by atoms with E-state index in [0.29, 0.717) is 30.1 Å². The van der Waals surface area contributed by atoms with Crippen molar-refractivity contribution in [1.29, 1.82) is 0 Å². The standard InChI is InChI=1S/C26H25N3O7/c1-15-5-10-21-22(11-15)25(32)28(24(21)31)19-3-2-4-20(13-19)36-26(33)16-12-23(30)27(14-16)17-6-8-18(9-7-17)29(34)35/h2-4,6-9,13,15-16,21-22H,5,10-12,14H2,1H3/t15-,16-,21+,22-/m1/s1. The molecule has 10 nitrogen and oxygen atoms in total. The summed E-state index contributed by atoms with van der Waals surface area (Å²) in [5.74, 6) is -2.05. The van der Waals surface area contributed by atoms with Crippen LogP contribution in [0.3, 0.4) is 0 Å². The number of nitro groups is 1. The summed E-state index contributed by atoms with van der Waals surface area (Å²) < 4.78 is 5.53. The van der Waals surface area contributed by atoms with Crippen LogP contribution in [0.15, 0.2) is 48.5 Å². The normalized spacial score (nSPS) is 25.8. The van der Waals surface area contributed by atoms with Gasteiger partial charge in [0.1, 0.15) is 5.75 Å². The van der Waals surface area contributed by atoms with Gasteiger partial charge < -0.3 is 9.64 Å². The molecule has 0 aromatic heterocycles. The van der Waals surface area contributed by atoms with E-state index in [0.717, 1.165) is 6.42 Å². The summed E-state index contributed by atoms with van der Waals surface area (Å²) in [6.45, 7) is 2.17. The fraction of sp³-hybridized carbons (Fsp3) is 0.385. The van der Waals surface area contributed by atoms with Gasteiger partial charge in [0.05, 0.1) is 28.4 Å². The molecule has 2 aromatic rings. The predicted molar refractivity (Wildman–Crippen MR) is 128 cm³/mol. The lowest BCUT2D eigenvalue weighted by molar-refractivity contribution is -0.384. The molecule has 0 radical (unpaired) electrons. The summed E-state index contributed by atoms with van der Waals surface area (Å²) in [4.78, 5) is 64.3. The molecule has 1 saturated carbocycles. The molecular formula is C26H25N3O7. The summed E-state index contributed by atoms with van der Waals surface area (Å²) >= 11 is 0. The third-order valence-electron chi connectivity index (χ3n) is 7.31. The molecule has 3 amide bonds. The number of fused-ring (bicyclic) bond motifs is 1. The van der Waals surface area contributed by atoms with Crippen LogP contribution >= 0.6 is 0 Å². The van der Waals surface area contributed by atoms with Crippen molar-refractivity contribution in [2.24, 2.45) is 23.7 Å². The van der Waals surface area contributed by atoms with Crippen LogP contribution < -0.4 is 14.5 Å². The first kappa shape index (κ1) is 23.7. The third-order valence-corrected chi connectivity index (χ3v) is 7.31. The summed E-state index contributed by atoms with van der Waals surface area (Å²) in [6, 6.07) is 11.9. The highest BCUT2D eigenvalue weighted by Crippen LogP contribution is 2.42. The second-order valence-electron chi connectivity index (χ2n) is 9.74. The van der Waals surface area contributed by atoms with E-state index in [9.17, 15) is 29.3 Å². The van der Waals surface area contributed by atoms with Crippen molar-refractivity contribution < 1.29 is 28.8 Å². The van der Waals surface area contributed by atoms with E-state index in [1.807, 2.05) is 0 Å². The molecule has 0 N–H and O–H groups in total. The van der Waals surface area contributed by atoms with Crippen LogP contribution in [-0.4, -0.2) is 35.2 Å². The van der Waals surface area contributed by atoms with Crippen molar-refractivity contribution in [3.8, 4) is 5.75 Å². The Kier molecular flexibility index (Phi) is 6.03. The second kappa shape index (κ2) is 9.18. The van der Waals surface area contributed by atoms with Gasteiger partial charge in [0.15, 0.2) is 0 Å². The van der Waals surface area contributed by atoms with Gasteiger partial charge in [0, 0.05) is 36.9 Å². The quantitative estimate of drug-likeness (QED) is 0.206. The summed E-state index contributed by atoms with van der Waals surface area (Å²) in [6.07, 6.45) is 2.26. The number of carbonyl (C=O) groups excluding carboxylic acids is 4. The van der Waals surface area contributed by atoms with Crippen molar-refractivity contribution in [2.45, 2.75) is 32.6 Å². The smallest absolute Gasteiger partial charge is 0.316 e. The number of esters is 1. The number of non-ortho nitro benzene ring substituents is 1. The lowest BCUT2D eigenvalue weighted by Crippen LogP contribution is -2.31. The number of amides is 3. The summed E-state index contributed by atoms with van der Waals surface area (Å²) in [7, 11) is 0. The number of anilines is 2. The molecule has 2 heterocycles. The van der Waals surface area contributed by atoms with Crippen LogP contribution in [0.5, 0.6) is 5.75 Å². The van der Waals surface area contributed by atoms with E-state index >= 15 is 0 Å². The van der Waals surface area contributed by atoms with Crippen LogP contribution in [0.4, 0.5) is 17.1 Å². The van der Waals surface area contributed by atoms with Crippen LogP contribution in [0.2, 0.25) is 0 Å². The first-order valence-corrected chi connectivity index (χ1v) is 12.0. The maximum Gasteiger partial charge on any atom is 0.316 e. The summed E-state index contributed by atoms with van der Waals surface area (Å²) in [5.41, 5.74) is 0.738. The van der Waals surface area contributed by atoms with E-state index in [4.69, 9.17) is 4.74 Å². The molecule has 3 fully saturated rings. The minimum absolute atomic E-state index is 0.0554. The molecule has 0 unspecified atom stereocenters. The topological polar surface area (TPSA) is 127 Å². The minimum Gasteiger partial charge on any atom is -0.426 e. The Balaban J connectivity index is 1.27. The maximum atomic E-state index is 13.0. The average molecular weight is 492 g/mol. The predicted octanol–water partition coefficient (Wildman–Crippen LogP) is 3.48. The number of nitrogens with zero attached hydrogens (tertiary/aromatic N) is 3. The molecule has 10 heteroatoms. The zero-order valence-corrected chi connectivity index (χ0v) is 19.7. The van der Waals surface area contributed by atoms with Crippen molar-refractivity contribution in [2.75, 3.05) is 16.3 Å². The molecule has 36 heavy (non-hydrogen) atoms. The molecule has 5 rings (SSSR count). The third kappa shape index (κ3) is 4.23. The van der Waals surface area contributed by atoms with E-state index in [2.05, 4.69) is 6.92 Å². The molecule has 4 atom stereocenters. The lowest BCUT2D eigenvalue weighted by Gasteiger charge is -2.25. The Hall–Kier alpha value is -4.08. The van der Waals surface area contributed by atoms with Crippen molar-refractivity contribution >= 4 is 40.8 Å². The SMILES string of the molecule is C[C@@H]1CC[C@@H]2C(=O)N(c3cccc(OC(=O)[C@@H]4CC(=O)N(c5ccc([N+](=O)[O-])cc5)C4)c3)C(=O)[C@@H]2C1. The number of nitro benzene ring substituents is 1. The van der Waals surface area contributed by atoms with Gasteiger partial charge in [-0.15, -0.1) is 0 Å².